The molecule has 0 aliphatic rings. The first-order valence-electron chi connectivity index (χ1n) is 7.10. The fourth-order valence-electron chi connectivity index (χ4n) is 2.08. The van der Waals surface area contributed by atoms with Crippen LogP contribution in [0.25, 0.3) is 0 Å². The fraction of sp³-hybridized carbons (Fsp3) is 0.533. The summed E-state index contributed by atoms with van der Waals surface area (Å²) in [6.45, 7) is 4.14. The number of nitrogens with zero attached hydrogens (tertiary/aromatic N) is 1. The van der Waals surface area contributed by atoms with E-state index in [1.54, 1.807) is 25.1 Å². The van der Waals surface area contributed by atoms with Gasteiger partial charge in [-0.1, -0.05) is 31.5 Å². The Bertz CT molecular complexity index is 490. The molecule has 1 rings (SSSR count). The summed E-state index contributed by atoms with van der Waals surface area (Å²) in [6.07, 6.45) is 2.31. The molecule has 0 bridgehead atoms. The number of carbonyl (C=O) groups is 1. The highest BCUT2D eigenvalue weighted by molar-refractivity contribution is 5.69. The second-order valence-corrected chi connectivity index (χ2v) is 5.34. The van der Waals surface area contributed by atoms with E-state index in [2.05, 4.69) is 5.32 Å². The van der Waals surface area contributed by atoms with Gasteiger partial charge in [-0.3, -0.25) is 14.9 Å². The Morgan fingerprint density at radius 2 is 2.00 bits per heavy atom. The number of aliphatic carboxylic acids is 1. The summed E-state index contributed by atoms with van der Waals surface area (Å²) in [7, 11) is 0. The highest BCUT2D eigenvalue weighted by Crippen LogP contribution is 2.17. The quantitative estimate of drug-likeness (QED) is 0.539. The molecule has 0 amide bonds. The number of hydrogen-bond donors (Lipinski definition) is 2. The van der Waals surface area contributed by atoms with Crippen LogP contribution in [0.1, 0.15) is 38.7 Å². The van der Waals surface area contributed by atoms with Crippen molar-refractivity contribution < 1.29 is 14.8 Å². The lowest BCUT2D eigenvalue weighted by atomic mass is 10.0. The van der Waals surface area contributed by atoms with Crippen molar-refractivity contribution in [2.24, 2.45) is 5.92 Å². The number of carboxylic acid groups (broad SMARTS) is 1. The van der Waals surface area contributed by atoms with Crippen LogP contribution in [0.3, 0.4) is 0 Å². The van der Waals surface area contributed by atoms with Gasteiger partial charge in [-0.25, -0.2) is 0 Å². The predicted molar refractivity (Wildman–Crippen MR) is 80.0 cm³/mol. The zero-order chi connectivity index (χ0) is 15.8. The zero-order valence-corrected chi connectivity index (χ0v) is 12.4. The number of benzene rings is 1. The normalized spacial score (nSPS) is 13.6. The van der Waals surface area contributed by atoms with E-state index in [9.17, 15) is 14.9 Å². The van der Waals surface area contributed by atoms with Crippen molar-refractivity contribution in [3.8, 4) is 0 Å². The molecule has 0 aromatic heterocycles. The Morgan fingerprint density at radius 3 is 2.62 bits per heavy atom. The van der Waals surface area contributed by atoms with E-state index in [1.165, 1.54) is 6.07 Å². The number of rotatable bonds is 9. The summed E-state index contributed by atoms with van der Waals surface area (Å²) in [5.74, 6) is -1.09. The third kappa shape index (κ3) is 5.91. The number of nitro groups is 1. The second-order valence-electron chi connectivity index (χ2n) is 5.34. The van der Waals surface area contributed by atoms with E-state index in [4.69, 9.17) is 5.11 Å². The van der Waals surface area contributed by atoms with Gasteiger partial charge in [0, 0.05) is 24.2 Å². The molecule has 6 heteroatoms. The number of nitro benzene ring substituents is 1. The first-order chi connectivity index (χ1) is 9.91. The average Bonchev–Trinajstić information content (AvgIpc) is 2.45. The topological polar surface area (TPSA) is 92.5 Å². The maximum atomic E-state index is 10.9. The molecular formula is C15H22N2O4. The minimum absolute atomic E-state index is 0.122. The van der Waals surface area contributed by atoms with Gasteiger partial charge in [0.25, 0.3) is 5.69 Å². The lowest BCUT2D eigenvalue weighted by molar-refractivity contribution is -0.385. The van der Waals surface area contributed by atoms with Gasteiger partial charge in [-0.15, -0.1) is 0 Å². The molecule has 1 aromatic carbocycles. The molecule has 116 valence electrons. The predicted octanol–water partition coefficient (Wildman–Crippen LogP) is 2.96. The van der Waals surface area contributed by atoms with E-state index >= 15 is 0 Å². The highest BCUT2D eigenvalue weighted by atomic mass is 16.6. The molecule has 0 radical (unpaired) electrons. The van der Waals surface area contributed by atoms with Crippen LogP contribution >= 0.6 is 0 Å². The Labute approximate surface area is 124 Å². The summed E-state index contributed by atoms with van der Waals surface area (Å²) in [6, 6.07) is 6.85. The number of carboxylic acids is 1. The van der Waals surface area contributed by atoms with Crippen LogP contribution in [0.5, 0.6) is 0 Å². The highest BCUT2D eigenvalue weighted by Gasteiger charge is 2.14. The smallest absolute Gasteiger partial charge is 0.306 e. The standard InChI is InChI=1S/C15H22N2O4/c1-11(15(18)19)6-5-7-12(2)16-10-13-8-3-4-9-14(13)17(20)21/h3-4,8-9,11-12,16H,5-7,10H2,1-2H3,(H,18,19). The molecule has 0 saturated carbocycles. The molecule has 0 aliphatic carbocycles. The largest absolute Gasteiger partial charge is 0.481 e. The molecule has 2 N–H and O–H groups in total. The van der Waals surface area contributed by atoms with Crippen LogP contribution < -0.4 is 5.32 Å². The van der Waals surface area contributed by atoms with E-state index in [1.807, 2.05) is 6.92 Å². The summed E-state index contributed by atoms with van der Waals surface area (Å²) in [4.78, 5) is 21.2. The Kier molecular flexibility index (Phi) is 6.81. The van der Waals surface area contributed by atoms with Crippen molar-refractivity contribution >= 4 is 11.7 Å². The molecule has 0 fully saturated rings. The van der Waals surface area contributed by atoms with Crippen LogP contribution in [0.15, 0.2) is 24.3 Å². The summed E-state index contributed by atoms with van der Waals surface area (Å²) >= 11 is 0. The van der Waals surface area contributed by atoms with Gasteiger partial charge in [0.1, 0.15) is 0 Å². The van der Waals surface area contributed by atoms with Crippen molar-refractivity contribution in [1.29, 1.82) is 0 Å². The summed E-state index contributed by atoms with van der Waals surface area (Å²) in [5, 5.41) is 22.9. The minimum Gasteiger partial charge on any atom is -0.481 e. The van der Waals surface area contributed by atoms with Crippen molar-refractivity contribution in [1.82, 2.24) is 5.32 Å². The molecular weight excluding hydrogens is 272 g/mol. The van der Waals surface area contributed by atoms with Crippen LogP contribution in [0, 0.1) is 16.0 Å². The van der Waals surface area contributed by atoms with Crippen molar-refractivity contribution in [3.63, 3.8) is 0 Å². The fourth-order valence-corrected chi connectivity index (χ4v) is 2.08. The third-order valence-electron chi connectivity index (χ3n) is 3.53. The maximum absolute atomic E-state index is 10.9. The lowest BCUT2D eigenvalue weighted by Gasteiger charge is -2.14. The van der Waals surface area contributed by atoms with Gasteiger partial charge in [-0.05, 0) is 19.8 Å². The third-order valence-corrected chi connectivity index (χ3v) is 3.53. The van der Waals surface area contributed by atoms with Crippen molar-refractivity contribution in [2.45, 2.75) is 45.7 Å². The number of para-hydroxylation sites is 1. The molecule has 0 heterocycles. The number of hydrogen-bond acceptors (Lipinski definition) is 4. The van der Waals surface area contributed by atoms with Crippen molar-refractivity contribution in [2.75, 3.05) is 0 Å². The second kappa shape index (κ2) is 8.36. The molecule has 2 atom stereocenters. The molecule has 0 spiro atoms. The Morgan fingerprint density at radius 1 is 1.33 bits per heavy atom. The summed E-state index contributed by atoms with van der Waals surface area (Å²) in [5.41, 5.74) is 0.782. The lowest BCUT2D eigenvalue weighted by Crippen LogP contribution is -2.26. The number of nitrogens with one attached hydrogen (secondary N) is 1. The van der Waals surface area contributed by atoms with Gasteiger partial charge < -0.3 is 10.4 Å². The van der Waals surface area contributed by atoms with Crippen LogP contribution in [0.4, 0.5) is 5.69 Å². The van der Waals surface area contributed by atoms with E-state index in [-0.39, 0.29) is 22.6 Å². The molecule has 0 aliphatic heterocycles. The van der Waals surface area contributed by atoms with Crippen LogP contribution in [0.2, 0.25) is 0 Å². The monoisotopic (exact) mass is 294 g/mol. The minimum atomic E-state index is -0.768. The summed E-state index contributed by atoms with van der Waals surface area (Å²) < 4.78 is 0. The molecule has 6 nitrogen and oxygen atoms in total. The van der Waals surface area contributed by atoms with Gasteiger partial charge in [0.2, 0.25) is 0 Å². The molecule has 0 saturated heterocycles. The van der Waals surface area contributed by atoms with Crippen molar-refractivity contribution in [3.05, 3.63) is 39.9 Å². The van der Waals surface area contributed by atoms with Gasteiger partial charge in [0.15, 0.2) is 0 Å². The van der Waals surface area contributed by atoms with Gasteiger partial charge >= 0.3 is 5.97 Å². The zero-order valence-electron chi connectivity index (χ0n) is 12.4. The molecule has 1 aromatic rings. The van der Waals surface area contributed by atoms with Crippen LogP contribution in [-0.4, -0.2) is 22.0 Å². The van der Waals surface area contributed by atoms with E-state index in [0.717, 1.165) is 12.8 Å². The Hall–Kier alpha value is -1.95. The first kappa shape index (κ1) is 17.1. The van der Waals surface area contributed by atoms with E-state index < -0.39 is 5.97 Å². The van der Waals surface area contributed by atoms with E-state index in [0.29, 0.717) is 18.5 Å². The van der Waals surface area contributed by atoms with Crippen LogP contribution in [-0.2, 0) is 11.3 Å². The van der Waals surface area contributed by atoms with Gasteiger partial charge in [-0.2, -0.15) is 0 Å². The SMILES string of the molecule is CC(CCCC(C)C(=O)O)NCc1ccccc1[N+](=O)[O-]. The maximum Gasteiger partial charge on any atom is 0.306 e. The Balaban J connectivity index is 2.38. The first-order valence-corrected chi connectivity index (χ1v) is 7.10. The average molecular weight is 294 g/mol. The molecule has 21 heavy (non-hydrogen) atoms. The molecule has 2 unspecified atom stereocenters. The van der Waals surface area contributed by atoms with Gasteiger partial charge in [0.05, 0.1) is 10.8 Å².